The summed E-state index contributed by atoms with van der Waals surface area (Å²) in [5.41, 5.74) is -0.272. The van der Waals surface area contributed by atoms with E-state index in [0.717, 1.165) is 32.4 Å². The van der Waals surface area contributed by atoms with Crippen molar-refractivity contribution in [3.8, 4) is 5.75 Å². The van der Waals surface area contributed by atoms with Gasteiger partial charge in [-0.2, -0.15) is 0 Å². The van der Waals surface area contributed by atoms with Gasteiger partial charge in [0.1, 0.15) is 12.4 Å². The predicted octanol–water partition coefficient (Wildman–Crippen LogP) is 5.56. The highest BCUT2D eigenvalue weighted by Crippen LogP contribution is 2.38. The van der Waals surface area contributed by atoms with Crippen LogP contribution in [0.3, 0.4) is 0 Å². The Morgan fingerprint density at radius 1 is 1.08 bits per heavy atom. The highest BCUT2D eigenvalue weighted by molar-refractivity contribution is 6.42. The van der Waals surface area contributed by atoms with E-state index in [9.17, 15) is 5.11 Å². The molecular formula is C21H31Cl2NO2. The Kier molecular flexibility index (Phi) is 6.44. The molecular weight excluding hydrogens is 369 g/mol. The molecule has 3 rings (SSSR count). The lowest BCUT2D eigenvalue weighted by atomic mass is 9.75. The minimum atomic E-state index is -0.769. The van der Waals surface area contributed by atoms with Crippen molar-refractivity contribution >= 4 is 23.2 Å². The highest BCUT2D eigenvalue weighted by atomic mass is 35.5. The van der Waals surface area contributed by atoms with Gasteiger partial charge in [0.2, 0.25) is 0 Å². The first kappa shape index (κ1) is 20.3. The molecule has 1 aromatic carbocycles. The third kappa shape index (κ3) is 5.28. The van der Waals surface area contributed by atoms with Gasteiger partial charge in [-0.3, -0.25) is 0 Å². The number of likely N-dealkylation sites (tertiary alicyclic amines) is 1. The zero-order valence-corrected chi connectivity index (χ0v) is 17.5. The molecule has 1 aliphatic heterocycles. The van der Waals surface area contributed by atoms with Crippen molar-refractivity contribution in [2.75, 3.05) is 19.7 Å². The van der Waals surface area contributed by atoms with Crippen LogP contribution in [0, 0.1) is 5.41 Å². The summed E-state index contributed by atoms with van der Waals surface area (Å²) in [4.78, 5) is 2.60. The first-order valence-corrected chi connectivity index (χ1v) is 10.6. The topological polar surface area (TPSA) is 32.7 Å². The average Bonchev–Trinajstić information content (AvgIpc) is 2.79. The quantitative estimate of drug-likeness (QED) is 0.719. The van der Waals surface area contributed by atoms with Gasteiger partial charge in [-0.15, -0.1) is 0 Å². The summed E-state index contributed by atoms with van der Waals surface area (Å²) in [6, 6.07) is 5.91. The van der Waals surface area contributed by atoms with Gasteiger partial charge >= 0.3 is 0 Å². The molecule has 1 aromatic rings. The summed E-state index contributed by atoms with van der Waals surface area (Å²) in [5.74, 6) is 0.656. The summed E-state index contributed by atoms with van der Waals surface area (Å²) in [6.45, 7) is 7.10. The van der Waals surface area contributed by atoms with Crippen LogP contribution in [0.1, 0.15) is 58.8 Å². The van der Waals surface area contributed by atoms with Gasteiger partial charge in [0.05, 0.1) is 15.6 Å². The van der Waals surface area contributed by atoms with E-state index in [4.69, 9.17) is 27.9 Å². The maximum Gasteiger partial charge on any atom is 0.121 e. The summed E-state index contributed by atoms with van der Waals surface area (Å²) >= 11 is 12.0. The number of hydrogen-bond acceptors (Lipinski definition) is 3. The van der Waals surface area contributed by atoms with Crippen LogP contribution >= 0.6 is 23.2 Å². The zero-order valence-electron chi connectivity index (χ0n) is 15.9. The standard InChI is InChI=1S/C21H31Cl2NO2/c1-20(2)9-6-16(7-10-20)24-12-3-8-21(25,11-13-24)15-26-17-4-5-18(22)19(23)14-17/h4-5,14,16,25H,3,6-13,15H2,1-2H3. The molecule has 1 saturated carbocycles. The predicted molar refractivity (Wildman–Crippen MR) is 108 cm³/mol. The Morgan fingerprint density at radius 3 is 2.50 bits per heavy atom. The van der Waals surface area contributed by atoms with Crippen LogP contribution in [0.2, 0.25) is 10.0 Å². The first-order chi connectivity index (χ1) is 12.3. The molecule has 1 N–H and O–H groups in total. The van der Waals surface area contributed by atoms with E-state index in [1.807, 2.05) is 0 Å². The fourth-order valence-electron chi connectivity index (χ4n) is 4.24. The molecule has 1 heterocycles. The molecule has 0 amide bonds. The van der Waals surface area contributed by atoms with Gasteiger partial charge < -0.3 is 14.7 Å². The molecule has 146 valence electrons. The molecule has 1 unspecified atom stereocenters. The molecule has 0 spiro atoms. The molecule has 2 fully saturated rings. The first-order valence-electron chi connectivity index (χ1n) is 9.81. The molecule has 1 aliphatic carbocycles. The van der Waals surface area contributed by atoms with Crippen molar-refractivity contribution in [3.05, 3.63) is 28.2 Å². The van der Waals surface area contributed by atoms with Crippen molar-refractivity contribution in [3.63, 3.8) is 0 Å². The lowest BCUT2D eigenvalue weighted by molar-refractivity contribution is -0.0183. The lowest BCUT2D eigenvalue weighted by Crippen LogP contribution is -2.42. The number of benzene rings is 1. The van der Waals surface area contributed by atoms with Crippen LogP contribution in [0.5, 0.6) is 5.75 Å². The van der Waals surface area contributed by atoms with E-state index in [1.54, 1.807) is 18.2 Å². The Labute approximate surface area is 167 Å². The molecule has 26 heavy (non-hydrogen) atoms. The zero-order chi connectivity index (χ0) is 18.8. The van der Waals surface area contributed by atoms with Crippen LogP contribution in [-0.4, -0.2) is 41.3 Å². The molecule has 0 aromatic heterocycles. The third-order valence-electron chi connectivity index (χ3n) is 6.18. The summed E-state index contributed by atoms with van der Waals surface area (Å²) in [5, 5.41) is 12.0. The Hall–Kier alpha value is -0.480. The van der Waals surface area contributed by atoms with Gasteiger partial charge in [0, 0.05) is 18.7 Å². The molecule has 1 saturated heterocycles. The van der Waals surface area contributed by atoms with Gasteiger partial charge in [-0.05, 0) is 69.0 Å². The van der Waals surface area contributed by atoms with Crippen LogP contribution < -0.4 is 4.74 Å². The van der Waals surface area contributed by atoms with Crippen LogP contribution in [0.15, 0.2) is 18.2 Å². The second-order valence-electron chi connectivity index (χ2n) is 8.87. The van der Waals surface area contributed by atoms with Crippen molar-refractivity contribution in [2.24, 2.45) is 5.41 Å². The van der Waals surface area contributed by atoms with Crippen LogP contribution in [0.25, 0.3) is 0 Å². The smallest absolute Gasteiger partial charge is 0.121 e. The molecule has 1 atom stereocenters. The fraction of sp³-hybridized carbons (Fsp3) is 0.714. The minimum absolute atomic E-state index is 0.302. The summed E-state index contributed by atoms with van der Waals surface area (Å²) < 4.78 is 5.84. The van der Waals surface area contributed by atoms with E-state index in [0.29, 0.717) is 33.9 Å². The third-order valence-corrected chi connectivity index (χ3v) is 6.91. The summed E-state index contributed by atoms with van der Waals surface area (Å²) in [6.07, 6.45) is 7.73. The van der Waals surface area contributed by atoms with E-state index >= 15 is 0 Å². The molecule has 3 nitrogen and oxygen atoms in total. The number of nitrogens with zero attached hydrogens (tertiary/aromatic N) is 1. The van der Waals surface area contributed by atoms with E-state index < -0.39 is 5.60 Å². The van der Waals surface area contributed by atoms with Gasteiger partial charge in [-0.25, -0.2) is 0 Å². The van der Waals surface area contributed by atoms with E-state index in [-0.39, 0.29) is 0 Å². The number of aliphatic hydroxyl groups is 1. The highest BCUT2D eigenvalue weighted by Gasteiger charge is 2.35. The van der Waals surface area contributed by atoms with Gasteiger partial charge in [0.25, 0.3) is 0 Å². The van der Waals surface area contributed by atoms with Gasteiger partial charge in [-0.1, -0.05) is 37.0 Å². The maximum atomic E-state index is 11.0. The monoisotopic (exact) mass is 399 g/mol. The van der Waals surface area contributed by atoms with E-state index in [2.05, 4.69) is 18.7 Å². The second-order valence-corrected chi connectivity index (χ2v) is 9.69. The fourth-order valence-corrected chi connectivity index (χ4v) is 4.53. The van der Waals surface area contributed by atoms with Crippen molar-refractivity contribution in [2.45, 2.75) is 70.4 Å². The number of rotatable bonds is 4. The van der Waals surface area contributed by atoms with Crippen molar-refractivity contribution < 1.29 is 9.84 Å². The molecule has 0 radical (unpaired) electrons. The number of ether oxygens (including phenoxy) is 1. The second kappa shape index (κ2) is 8.26. The normalized spacial score (nSPS) is 27.9. The van der Waals surface area contributed by atoms with Gasteiger partial charge in [0.15, 0.2) is 0 Å². The minimum Gasteiger partial charge on any atom is -0.491 e. The van der Waals surface area contributed by atoms with Crippen LogP contribution in [-0.2, 0) is 0 Å². The number of halogens is 2. The largest absolute Gasteiger partial charge is 0.491 e. The SMILES string of the molecule is CC1(C)CCC(N2CCCC(O)(COc3ccc(Cl)c(Cl)c3)CC2)CC1. The molecule has 0 bridgehead atoms. The Bertz CT molecular complexity index is 612. The average molecular weight is 400 g/mol. The molecule has 5 heteroatoms. The Balaban J connectivity index is 1.52. The van der Waals surface area contributed by atoms with Crippen molar-refractivity contribution in [1.82, 2.24) is 4.90 Å². The number of hydrogen-bond donors (Lipinski definition) is 1. The Morgan fingerprint density at radius 2 is 1.81 bits per heavy atom. The molecule has 2 aliphatic rings. The van der Waals surface area contributed by atoms with Crippen molar-refractivity contribution in [1.29, 1.82) is 0 Å². The summed E-state index contributed by atoms with van der Waals surface area (Å²) in [7, 11) is 0. The van der Waals surface area contributed by atoms with E-state index in [1.165, 1.54) is 25.7 Å². The maximum absolute atomic E-state index is 11.0. The lowest BCUT2D eigenvalue weighted by Gasteiger charge is -2.40. The van der Waals surface area contributed by atoms with Crippen LogP contribution in [0.4, 0.5) is 0 Å².